The molecule has 1 aliphatic carbocycles. The van der Waals surface area contributed by atoms with Crippen molar-refractivity contribution in [3.05, 3.63) is 33.9 Å². The molecule has 0 bridgehead atoms. The minimum atomic E-state index is -0.413. The van der Waals surface area contributed by atoms with E-state index in [4.69, 9.17) is 9.47 Å². The summed E-state index contributed by atoms with van der Waals surface area (Å²) in [5.74, 6) is 0.559. The van der Waals surface area contributed by atoms with Crippen molar-refractivity contribution in [2.45, 2.75) is 38.5 Å². The molecule has 0 saturated heterocycles. The van der Waals surface area contributed by atoms with Crippen molar-refractivity contribution in [3.63, 3.8) is 0 Å². The molecule has 0 aromatic heterocycles. The van der Waals surface area contributed by atoms with Crippen molar-refractivity contribution >= 4 is 5.69 Å². The van der Waals surface area contributed by atoms with Crippen LogP contribution in [0.25, 0.3) is 0 Å². The van der Waals surface area contributed by atoms with Gasteiger partial charge in [-0.15, -0.1) is 0 Å². The summed E-state index contributed by atoms with van der Waals surface area (Å²) in [6.07, 6.45) is 0.764. The summed E-state index contributed by atoms with van der Waals surface area (Å²) in [5, 5.41) is 14.0. The maximum absolute atomic E-state index is 10.8. The van der Waals surface area contributed by atoms with Crippen LogP contribution in [0, 0.1) is 17.0 Å². The van der Waals surface area contributed by atoms with Crippen molar-refractivity contribution in [2.24, 2.45) is 0 Å². The third-order valence-corrected chi connectivity index (χ3v) is 3.64. The SMILES string of the molecule is CCOC1C(NC)CC1Oc1cc([N+](=O)[O-])ccc1C. The van der Waals surface area contributed by atoms with Gasteiger partial charge in [0.25, 0.3) is 5.69 Å². The van der Waals surface area contributed by atoms with E-state index in [0.29, 0.717) is 12.4 Å². The van der Waals surface area contributed by atoms with Gasteiger partial charge in [-0.05, 0) is 32.5 Å². The quantitative estimate of drug-likeness (QED) is 0.637. The van der Waals surface area contributed by atoms with Gasteiger partial charge < -0.3 is 14.8 Å². The van der Waals surface area contributed by atoms with Gasteiger partial charge in [0.2, 0.25) is 0 Å². The molecule has 1 aliphatic rings. The number of nitrogens with zero attached hydrogens (tertiary/aromatic N) is 1. The first-order valence-electron chi connectivity index (χ1n) is 6.77. The number of hydrogen-bond donors (Lipinski definition) is 1. The highest BCUT2D eigenvalue weighted by Gasteiger charge is 2.43. The average molecular weight is 280 g/mol. The molecule has 3 unspecified atom stereocenters. The number of aryl methyl sites for hydroxylation is 1. The number of nitrogens with one attached hydrogen (secondary N) is 1. The Kier molecular flexibility index (Phi) is 4.57. The number of likely N-dealkylation sites (N-methyl/N-ethyl adjacent to an activating group) is 1. The lowest BCUT2D eigenvalue weighted by atomic mass is 9.85. The molecular formula is C14H20N2O4. The lowest BCUT2D eigenvalue weighted by Crippen LogP contribution is -2.60. The molecule has 3 atom stereocenters. The second-order valence-corrected chi connectivity index (χ2v) is 4.91. The second-order valence-electron chi connectivity index (χ2n) is 4.91. The lowest BCUT2D eigenvalue weighted by molar-refractivity contribution is -0.385. The van der Waals surface area contributed by atoms with Gasteiger partial charge in [0.05, 0.1) is 11.0 Å². The molecule has 20 heavy (non-hydrogen) atoms. The largest absolute Gasteiger partial charge is 0.487 e. The number of non-ortho nitro benzene ring substituents is 1. The highest BCUT2D eigenvalue weighted by molar-refractivity contribution is 5.44. The zero-order valence-electron chi connectivity index (χ0n) is 12.0. The zero-order chi connectivity index (χ0) is 14.7. The first kappa shape index (κ1) is 14.7. The van der Waals surface area contributed by atoms with Gasteiger partial charge in [0, 0.05) is 25.1 Å². The minimum Gasteiger partial charge on any atom is -0.487 e. The molecule has 110 valence electrons. The van der Waals surface area contributed by atoms with E-state index in [-0.39, 0.29) is 23.9 Å². The summed E-state index contributed by atoms with van der Waals surface area (Å²) in [7, 11) is 1.89. The Labute approximate surface area is 118 Å². The first-order valence-corrected chi connectivity index (χ1v) is 6.77. The molecule has 6 nitrogen and oxygen atoms in total. The van der Waals surface area contributed by atoms with Crippen LogP contribution < -0.4 is 10.1 Å². The predicted molar refractivity (Wildman–Crippen MR) is 75.1 cm³/mol. The van der Waals surface area contributed by atoms with Crippen LogP contribution >= 0.6 is 0 Å². The highest BCUT2D eigenvalue weighted by Crippen LogP contribution is 2.32. The number of rotatable bonds is 6. The van der Waals surface area contributed by atoms with Gasteiger partial charge in [-0.25, -0.2) is 0 Å². The molecule has 1 aromatic rings. The average Bonchev–Trinajstić information content (AvgIpc) is 2.41. The number of ether oxygens (including phenoxy) is 2. The fourth-order valence-electron chi connectivity index (χ4n) is 2.39. The molecule has 0 amide bonds. The van der Waals surface area contributed by atoms with E-state index in [1.165, 1.54) is 12.1 Å². The van der Waals surface area contributed by atoms with Crippen molar-refractivity contribution in [1.29, 1.82) is 0 Å². The topological polar surface area (TPSA) is 73.6 Å². The number of hydrogen-bond acceptors (Lipinski definition) is 5. The van der Waals surface area contributed by atoms with Gasteiger partial charge in [-0.2, -0.15) is 0 Å². The molecular weight excluding hydrogens is 260 g/mol. The van der Waals surface area contributed by atoms with E-state index in [9.17, 15) is 10.1 Å². The normalized spacial score (nSPS) is 25.1. The van der Waals surface area contributed by atoms with Crippen LogP contribution in [0.1, 0.15) is 18.9 Å². The van der Waals surface area contributed by atoms with Crippen LogP contribution in [0.2, 0.25) is 0 Å². The Hall–Kier alpha value is -1.66. The maximum Gasteiger partial charge on any atom is 0.273 e. The number of nitro benzene ring substituents is 1. The Balaban J connectivity index is 2.10. The van der Waals surface area contributed by atoms with Crippen LogP contribution in [-0.4, -0.2) is 36.8 Å². The molecule has 1 saturated carbocycles. The second kappa shape index (κ2) is 6.19. The van der Waals surface area contributed by atoms with Crippen molar-refractivity contribution in [1.82, 2.24) is 5.32 Å². The van der Waals surface area contributed by atoms with E-state index in [2.05, 4.69) is 5.32 Å². The fourth-order valence-corrected chi connectivity index (χ4v) is 2.39. The molecule has 6 heteroatoms. The standard InChI is InChI=1S/C14H20N2O4/c1-4-19-14-11(15-3)8-13(14)20-12-7-10(16(17)18)6-5-9(12)2/h5-7,11,13-15H,4,8H2,1-3H3. The summed E-state index contributed by atoms with van der Waals surface area (Å²) in [5.41, 5.74) is 0.932. The van der Waals surface area contributed by atoms with Crippen LogP contribution in [0.15, 0.2) is 18.2 Å². The lowest BCUT2D eigenvalue weighted by Gasteiger charge is -2.43. The zero-order valence-corrected chi connectivity index (χ0v) is 12.0. The fraction of sp³-hybridized carbons (Fsp3) is 0.571. The minimum absolute atomic E-state index is 0.0105. The van der Waals surface area contributed by atoms with Crippen LogP contribution in [0.4, 0.5) is 5.69 Å². The van der Waals surface area contributed by atoms with Gasteiger partial charge >= 0.3 is 0 Å². The van der Waals surface area contributed by atoms with E-state index >= 15 is 0 Å². The Morgan fingerprint density at radius 2 is 2.25 bits per heavy atom. The third kappa shape index (κ3) is 2.91. The van der Waals surface area contributed by atoms with Gasteiger partial charge in [-0.1, -0.05) is 0 Å². The van der Waals surface area contributed by atoms with Crippen molar-refractivity contribution in [3.8, 4) is 5.75 Å². The van der Waals surface area contributed by atoms with Gasteiger partial charge in [-0.3, -0.25) is 10.1 Å². The van der Waals surface area contributed by atoms with E-state index in [1.54, 1.807) is 6.07 Å². The maximum atomic E-state index is 10.8. The summed E-state index contributed by atoms with van der Waals surface area (Å²) in [6.45, 7) is 4.44. The molecule has 1 N–H and O–H groups in total. The van der Waals surface area contributed by atoms with Crippen LogP contribution in [-0.2, 0) is 4.74 Å². The van der Waals surface area contributed by atoms with E-state index in [1.807, 2.05) is 20.9 Å². The molecule has 0 heterocycles. The molecule has 0 radical (unpaired) electrons. The van der Waals surface area contributed by atoms with Crippen molar-refractivity contribution < 1.29 is 14.4 Å². The van der Waals surface area contributed by atoms with E-state index in [0.717, 1.165) is 12.0 Å². The van der Waals surface area contributed by atoms with Gasteiger partial charge in [0.15, 0.2) is 0 Å². The molecule has 1 aromatic carbocycles. The van der Waals surface area contributed by atoms with Crippen LogP contribution in [0.5, 0.6) is 5.75 Å². The summed E-state index contributed by atoms with van der Waals surface area (Å²) < 4.78 is 11.6. The molecule has 2 rings (SSSR count). The molecule has 0 spiro atoms. The van der Waals surface area contributed by atoms with Crippen molar-refractivity contribution in [2.75, 3.05) is 13.7 Å². The van der Waals surface area contributed by atoms with Crippen LogP contribution in [0.3, 0.4) is 0 Å². The summed E-state index contributed by atoms with van der Waals surface area (Å²) in [4.78, 5) is 10.4. The summed E-state index contributed by atoms with van der Waals surface area (Å²) in [6, 6.07) is 4.95. The Bertz CT molecular complexity index is 492. The third-order valence-electron chi connectivity index (χ3n) is 3.64. The Morgan fingerprint density at radius 1 is 1.50 bits per heavy atom. The predicted octanol–water partition coefficient (Wildman–Crippen LogP) is 2.05. The molecule has 0 aliphatic heterocycles. The number of benzene rings is 1. The smallest absolute Gasteiger partial charge is 0.273 e. The van der Waals surface area contributed by atoms with E-state index < -0.39 is 4.92 Å². The summed E-state index contributed by atoms with van der Waals surface area (Å²) >= 11 is 0. The molecule has 1 fully saturated rings. The highest BCUT2D eigenvalue weighted by atomic mass is 16.6. The first-order chi connectivity index (χ1) is 9.56. The number of nitro groups is 1. The Morgan fingerprint density at radius 3 is 2.85 bits per heavy atom. The van der Waals surface area contributed by atoms with Gasteiger partial charge in [0.1, 0.15) is 18.0 Å². The monoisotopic (exact) mass is 280 g/mol.